The largest absolute Gasteiger partial charge is 0.495 e. The van der Waals surface area contributed by atoms with Crippen LogP contribution in [0.3, 0.4) is 0 Å². The number of hydrogen-bond donors (Lipinski definition) is 1. The maximum absolute atomic E-state index is 13.5. The molecule has 0 aliphatic heterocycles. The van der Waals surface area contributed by atoms with Gasteiger partial charge in [-0.1, -0.05) is 48.5 Å². The lowest BCUT2D eigenvalue weighted by Gasteiger charge is -2.14. The van der Waals surface area contributed by atoms with Crippen LogP contribution < -0.4 is 9.46 Å². The molecule has 0 radical (unpaired) electrons. The maximum Gasteiger partial charge on any atom is 0.265 e. The zero-order valence-electron chi connectivity index (χ0n) is 13.4. The highest BCUT2D eigenvalue weighted by molar-refractivity contribution is 7.92. The second-order valence-electron chi connectivity index (χ2n) is 5.31. The highest BCUT2D eigenvalue weighted by Gasteiger charge is 2.21. The van der Waals surface area contributed by atoms with Crippen LogP contribution in [0.25, 0.3) is 11.1 Å². The van der Waals surface area contributed by atoms with Crippen molar-refractivity contribution in [2.24, 2.45) is 0 Å². The summed E-state index contributed by atoms with van der Waals surface area (Å²) >= 11 is 0. The third-order valence-corrected chi connectivity index (χ3v) is 5.06. The van der Waals surface area contributed by atoms with Gasteiger partial charge in [0.15, 0.2) is 0 Å². The summed E-state index contributed by atoms with van der Waals surface area (Å²) in [6.07, 6.45) is 0. The Morgan fingerprint density at radius 2 is 1.60 bits per heavy atom. The van der Waals surface area contributed by atoms with Gasteiger partial charge in [0.05, 0.1) is 12.8 Å². The quantitative estimate of drug-likeness (QED) is 0.741. The van der Waals surface area contributed by atoms with Crippen molar-refractivity contribution in [1.29, 1.82) is 0 Å². The molecule has 6 heteroatoms. The molecule has 0 saturated heterocycles. The molecular weight excluding hydrogens is 341 g/mol. The van der Waals surface area contributed by atoms with Crippen molar-refractivity contribution in [3.63, 3.8) is 0 Å². The molecule has 4 nitrogen and oxygen atoms in total. The van der Waals surface area contributed by atoms with E-state index >= 15 is 0 Å². The molecule has 0 aromatic heterocycles. The summed E-state index contributed by atoms with van der Waals surface area (Å²) in [7, 11) is -2.69. The fraction of sp³-hybridized carbons (Fsp3) is 0.0526. The first-order valence-electron chi connectivity index (χ1n) is 7.52. The Hall–Kier alpha value is -2.86. The Bertz CT molecular complexity index is 989. The van der Waals surface area contributed by atoms with Gasteiger partial charge in [-0.2, -0.15) is 0 Å². The first-order valence-corrected chi connectivity index (χ1v) is 9.00. The van der Waals surface area contributed by atoms with E-state index in [0.717, 1.165) is 23.3 Å². The van der Waals surface area contributed by atoms with E-state index in [9.17, 15) is 12.8 Å². The first-order chi connectivity index (χ1) is 12.0. The normalized spacial score (nSPS) is 11.1. The van der Waals surface area contributed by atoms with Crippen molar-refractivity contribution in [2.75, 3.05) is 11.8 Å². The van der Waals surface area contributed by atoms with Crippen LogP contribution in [0.15, 0.2) is 77.7 Å². The van der Waals surface area contributed by atoms with Crippen LogP contribution >= 0.6 is 0 Å². The number of methoxy groups -OCH3 is 1. The molecule has 0 aliphatic carbocycles. The van der Waals surface area contributed by atoms with E-state index in [-0.39, 0.29) is 10.6 Å². The van der Waals surface area contributed by atoms with Gasteiger partial charge in [0.25, 0.3) is 10.0 Å². The lowest BCUT2D eigenvalue weighted by Crippen LogP contribution is -2.15. The zero-order chi connectivity index (χ0) is 17.9. The van der Waals surface area contributed by atoms with Crippen LogP contribution in [0, 0.1) is 5.82 Å². The second kappa shape index (κ2) is 6.94. The molecule has 25 heavy (non-hydrogen) atoms. The van der Waals surface area contributed by atoms with E-state index < -0.39 is 15.8 Å². The third-order valence-electron chi connectivity index (χ3n) is 3.67. The lowest BCUT2D eigenvalue weighted by molar-refractivity contribution is 0.401. The summed E-state index contributed by atoms with van der Waals surface area (Å²) in [5.41, 5.74) is 1.99. The van der Waals surface area contributed by atoms with Gasteiger partial charge in [-0.3, -0.25) is 4.72 Å². The summed E-state index contributed by atoms with van der Waals surface area (Å²) in [5, 5.41) is 0. The number of para-hydroxylation sites is 1. The fourth-order valence-corrected chi connectivity index (χ4v) is 3.76. The molecule has 0 unspecified atom stereocenters. The fourth-order valence-electron chi connectivity index (χ4n) is 2.50. The SMILES string of the molecule is COc1ccc(F)cc1S(=O)(=O)Nc1ccccc1-c1ccccc1. The minimum Gasteiger partial charge on any atom is -0.495 e. The van der Waals surface area contributed by atoms with Crippen LogP contribution in [0.2, 0.25) is 0 Å². The van der Waals surface area contributed by atoms with Crippen molar-refractivity contribution in [3.05, 3.63) is 78.6 Å². The van der Waals surface area contributed by atoms with E-state index in [4.69, 9.17) is 4.74 Å². The summed E-state index contributed by atoms with van der Waals surface area (Å²) in [5.74, 6) is -0.580. The molecule has 3 rings (SSSR count). The number of benzene rings is 3. The number of anilines is 1. The van der Waals surface area contributed by atoms with Gasteiger partial charge in [-0.05, 0) is 29.8 Å². The molecule has 0 fully saturated rings. The molecular formula is C19H16FNO3S. The predicted octanol–water partition coefficient (Wildman–Crippen LogP) is 4.30. The Kier molecular flexibility index (Phi) is 4.72. The topological polar surface area (TPSA) is 55.4 Å². The minimum atomic E-state index is -4.02. The summed E-state index contributed by atoms with van der Waals surface area (Å²) in [4.78, 5) is -0.252. The molecule has 0 heterocycles. The Morgan fingerprint density at radius 3 is 2.32 bits per heavy atom. The first kappa shape index (κ1) is 17.0. The standard InChI is InChI=1S/C19H16FNO3S/c1-24-18-12-11-15(20)13-19(18)25(22,23)21-17-10-6-5-9-16(17)14-7-3-2-4-8-14/h2-13,21H,1H3. The average Bonchev–Trinajstić information content (AvgIpc) is 2.62. The number of ether oxygens (including phenoxy) is 1. The van der Waals surface area contributed by atoms with Crippen LogP contribution in [0.5, 0.6) is 5.75 Å². The average molecular weight is 357 g/mol. The van der Waals surface area contributed by atoms with Crippen molar-refractivity contribution in [2.45, 2.75) is 4.90 Å². The number of hydrogen-bond acceptors (Lipinski definition) is 3. The molecule has 0 atom stereocenters. The van der Waals surface area contributed by atoms with Gasteiger partial charge in [-0.25, -0.2) is 12.8 Å². The maximum atomic E-state index is 13.5. The Balaban J connectivity index is 2.05. The van der Waals surface area contributed by atoms with Crippen LogP contribution in [0.4, 0.5) is 10.1 Å². The molecule has 0 amide bonds. The van der Waals surface area contributed by atoms with Crippen molar-refractivity contribution < 1.29 is 17.5 Å². The van der Waals surface area contributed by atoms with Gasteiger partial charge < -0.3 is 4.74 Å². The molecule has 3 aromatic carbocycles. The van der Waals surface area contributed by atoms with Crippen LogP contribution in [0.1, 0.15) is 0 Å². The highest BCUT2D eigenvalue weighted by atomic mass is 32.2. The summed E-state index contributed by atoms with van der Waals surface area (Å²) < 4.78 is 46.7. The van der Waals surface area contributed by atoms with Gasteiger partial charge in [-0.15, -0.1) is 0 Å². The number of halogens is 1. The van der Waals surface area contributed by atoms with E-state index in [1.54, 1.807) is 12.1 Å². The molecule has 0 spiro atoms. The van der Waals surface area contributed by atoms with Crippen LogP contribution in [-0.4, -0.2) is 15.5 Å². The van der Waals surface area contributed by atoms with Crippen molar-refractivity contribution in [1.82, 2.24) is 0 Å². The van der Waals surface area contributed by atoms with Crippen molar-refractivity contribution >= 4 is 15.7 Å². The molecule has 0 aliphatic rings. The lowest BCUT2D eigenvalue weighted by atomic mass is 10.0. The molecule has 128 valence electrons. The number of nitrogens with one attached hydrogen (secondary N) is 1. The van der Waals surface area contributed by atoms with Gasteiger partial charge >= 0.3 is 0 Å². The highest BCUT2D eigenvalue weighted by Crippen LogP contribution is 2.31. The van der Waals surface area contributed by atoms with E-state index in [2.05, 4.69) is 4.72 Å². The monoisotopic (exact) mass is 357 g/mol. The molecule has 0 bridgehead atoms. The molecule has 3 aromatic rings. The van der Waals surface area contributed by atoms with Gasteiger partial charge in [0.2, 0.25) is 0 Å². The van der Waals surface area contributed by atoms with E-state index in [0.29, 0.717) is 5.69 Å². The molecule has 1 N–H and O–H groups in total. The third kappa shape index (κ3) is 3.64. The van der Waals surface area contributed by atoms with Crippen molar-refractivity contribution in [3.8, 4) is 16.9 Å². The number of sulfonamides is 1. The predicted molar refractivity (Wildman–Crippen MR) is 95.6 cm³/mol. The summed E-state index contributed by atoms with van der Waals surface area (Å²) in [6, 6.07) is 19.8. The Labute approximate surface area is 146 Å². The van der Waals surface area contributed by atoms with E-state index in [1.165, 1.54) is 13.2 Å². The molecule has 0 saturated carbocycles. The summed E-state index contributed by atoms with van der Waals surface area (Å²) in [6.45, 7) is 0. The van der Waals surface area contributed by atoms with E-state index in [1.807, 2.05) is 42.5 Å². The van der Waals surface area contributed by atoms with Gasteiger partial charge in [0, 0.05) is 5.56 Å². The second-order valence-corrected chi connectivity index (χ2v) is 6.96. The smallest absolute Gasteiger partial charge is 0.265 e. The zero-order valence-corrected chi connectivity index (χ0v) is 14.3. The Morgan fingerprint density at radius 1 is 0.920 bits per heavy atom. The van der Waals surface area contributed by atoms with Crippen LogP contribution in [-0.2, 0) is 10.0 Å². The number of rotatable bonds is 5. The van der Waals surface area contributed by atoms with Gasteiger partial charge in [0.1, 0.15) is 16.5 Å². The minimum absolute atomic E-state index is 0.0751.